The summed E-state index contributed by atoms with van der Waals surface area (Å²) in [5, 5.41) is 3.79. The molecule has 0 saturated carbocycles. The monoisotopic (exact) mass is 470 g/mol. The van der Waals surface area contributed by atoms with Gasteiger partial charge in [-0.05, 0) is 55.8 Å². The number of hydrogen-bond acceptors (Lipinski definition) is 6. The summed E-state index contributed by atoms with van der Waals surface area (Å²) in [5.74, 6) is 1.86. The number of hydrogen-bond donors (Lipinski definition) is 2. The maximum absolute atomic E-state index is 12.7. The first-order chi connectivity index (χ1) is 17.2. The Bertz CT molecular complexity index is 1280. The number of piperidine rings is 1. The smallest absolute Gasteiger partial charge is 0.240 e. The molecule has 0 atom stereocenters. The van der Waals surface area contributed by atoms with Crippen LogP contribution in [0.3, 0.4) is 0 Å². The van der Waals surface area contributed by atoms with E-state index in [0.29, 0.717) is 18.0 Å². The Kier molecular flexibility index (Phi) is 6.90. The molecule has 1 fully saturated rings. The zero-order valence-electron chi connectivity index (χ0n) is 19.7. The standard InChI is InChI=1S/C27H30N6O2/c28-26-25-23(20-9-11-22(12-10-20)35-21-7-3-1-4-8-21)17-33(27(25)31-19-30-26)18-24(34)29-13-16-32-14-5-2-6-15-32/h1,3-4,7-12,17,19H,2,5-6,13-16,18H2,(H,29,34)(H2,28,30,31). The van der Waals surface area contributed by atoms with Crippen molar-refractivity contribution in [3.63, 3.8) is 0 Å². The molecule has 0 aliphatic carbocycles. The van der Waals surface area contributed by atoms with Crippen LogP contribution in [0.25, 0.3) is 22.2 Å². The molecular weight excluding hydrogens is 440 g/mol. The van der Waals surface area contributed by atoms with Gasteiger partial charge in [-0.2, -0.15) is 0 Å². The number of nitrogens with one attached hydrogen (secondary N) is 1. The second-order valence-corrected chi connectivity index (χ2v) is 8.82. The summed E-state index contributed by atoms with van der Waals surface area (Å²) in [6.45, 7) is 3.93. The number of rotatable bonds is 8. The molecule has 180 valence electrons. The lowest BCUT2D eigenvalue weighted by Crippen LogP contribution is -2.38. The van der Waals surface area contributed by atoms with E-state index in [1.165, 1.54) is 25.6 Å². The molecular formula is C27H30N6O2. The molecule has 0 spiro atoms. The number of benzene rings is 2. The van der Waals surface area contributed by atoms with Gasteiger partial charge in [0.1, 0.15) is 35.8 Å². The van der Waals surface area contributed by atoms with Crippen LogP contribution in [0.15, 0.2) is 67.1 Å². The SMILES string of the molecule is Nc1ncnc2c1c(-c1ccc(Oc3ccccc3)cc1)cn2CC(=O)NCCN1CCCCC1. The van der Waals surface area contributed by atoms with Gasteiger partial charge < -0.3 is 25.3 Å². The van der Waals surface area contributed by atoms with E-state index in [4.69, 9.17) is 10.5 Å². The minimum atomic E-state index is -0.0470. The van der Waals surface area contributed by atoms with E-state index in [-0.39, 0.29) is 12.5 Å². The number of nitrogens with zero attached hydrogens (tertiary/aromatic N) is 4. The maximum Gasteiger partial charge on any atom is 0.240 e. The number of carbonyl (C=O) groups is 1. The summed E-state index contributed by atoms with van der Waals surface area (Å²) in [5.41, 5.74) is 8.71. The molecule has 4 aromatic rings. The van der Waals surface area contributed by atoms with E-state index in [9.17, 15) is 4.79 Å². The number of aromatic nitrogens is 3. The van der Waals surface area contributed by atoms with Gasteiger partial charge in [0, 0.05) is 24.8 Å². The summed E-state index contributed by atoms with van der Waals surface area (Å²) >= 11 is 0. The molecule has 0 radical (unpaired) electrons. The highest BCUT2D eigenvalue weighted by Gasteiger charge is 2.17. The second kappa shape index (κ2) is 10.6. The zero-order valence-corrected chi connectivity index (χ0v) is 19.7. The predicted molar refractivity (Wildman–Crippen MR) is 137 cm³/mol. The lowest BCUT2D eigenvalue weighted by Gasteiger charge is -2.26. The number of fused-ring (bicyclic) bond motifs is 1. The number of likely N-dealkylation sites (tertiary alicyclic amines) is 1. The van der Waals surface area contributed by atoms with Gasteiger partial charge in [-0.1, -0.05) is 36.8 Å². The first-order valence-electron chi connectivity index (χ1n) is 12.1. The van der Waals surface area contributed by atoms with E-state index in [2.05, 4.69) is 20.2 Å². The van der Waals surface area contributed by atoms with Gasteiger partial charge in [0.25, 0.3) is 0 Å². The molecule has 2 aromatic heterocycles. The molecule has 8 heteroatoms. The summed E-state index contributed by atoms with van der Waals surface area (Å²) in [6, 6.07) is 17.4. The zero-order chi connectivity index (χ0) is 24.0. The van der Waals surface area contributed by atoms with Crippen LogP contribution < -0.4 is 15.8 Å². The Labute approximate surface area is 204 Å². The van der Waals surface area contributed by atoms with Gasteiger partial charge in [-0.3, -0.25) is 4.79 Å². The highest BCUT2D eigenvalue weighted by molar-refractivity contribution is 6.01. The second-order valence-electron chi connectivity index (χ2n) is 8.82. The van der Waals surface area contributed by atoms with E-state index >= 15 is 0 Å². The fourth-order valence-corrected chi connectivity index (χ4v) is 4.56. The van der Waals surface area contributed by atoms with Crippen LogP contribution in [0.4, 0.5) is 5.82 Å². The van der Waals surface area contributed by atoms with Crippen molar-refractivity contribution in [1.82, 2.24) is 24.8 Å². The highest BCUT2D eigenvalue weighted by Crippen LogP contribution is 2.34. The Morgan fingerprint density at radius 1 is 0.971 bits per heavy atom. The summed E-state index contributed by atoms with van der Waals surface area (Å²) in [4.78, 5) is 23.7. The van der Waals surface area contributed by atoms with E-state index in [0.717, 1.165) is 47.6 Å². The van der Waals surface area contributed by atoms with Crippen LogP contribution >= 0.6 is 0 Å². The molecule has 0 unspecified atom stereocenters. The molecule has 3 N–H and O–H groups in total. The fourth-order valence-electron chi connectivity index (χ4n) is 4.56. The number of nitrogens with two attached hydrogens (primary N) is 1. The Balaban J connectivity index is 1.31. The Hall–Kier alpha value is -3.91. The third kappa shape index (κ3) is 5.44. The van der Waals surface area contributed by atoms with Gasteiger partial charge in [-0.15, -0.1) is 0 Å². The third-order valence-corrected chi connectivity index (χ3v) is 6.34. The van der Waals surface area contributed by atoms with Crippen LogP contribution in [0, 0.1) is 0 Å². The van der Waals surface area contributed by atoms with Crippen LogP contribution in [0.1, 0.15) is 19.3 Å². The summed E-state index contributed by atoms with van der Waals surface area (Å²) in [6.07, 6.45) is 7.15. The van der Waals surface area contributed by atoms with Crippen molar-refractivity contribution in [3.05, 3.63) is 67.1 Å². The minimum absolute atomic E-state index is 0.0470. The average molecular weight is 471 g/mol. The predicted octanol–water partition coefficient (Wildman–Crippen LogP) is 4.07. The molecule has 5 rings (SSSR count). The van der Waals surface area contributed by atoms with E-state index in [1.54, 1.807) is 0 Å². The molecule has 1 aliphatic rings. The third-order valence-electron chi connectivity index (χ3n) is 6.34. The van der Waals surface area contributed by atoms with Crippen molar-refractivity contribution in [3.8, 4) is 22.6 Å². The van der Waals surface area contributed by atoms with Crippen LogP contribution in [-0.2, 0) is 11.3 Å². The van der Waals surface area contributed by atoms with Crippen molar-refractivity contribution in [2.75, 3.05) is 31.9 Å². The minimum Gasteiger partial charge on any atom is -0.457 e. The quantitative estimate of drug-likeness (QED) is 0.403. The van der Waals surface area contributed by atoms with Crippen molar-refractivity contribution in [2.24, 2.45) is 0 Å². The first-order valence-corrected chi connectivity index (χ1v) is 12.1. The van der Waals surface area contributed by atoms with Crippen molar-refractivity contribution < 1.29 is 9.53 Å². The number of amides is 1. The van der Waals surface area contributed by atoms with E-state index < -0.39 is 0 Å². The van der Waals surface area contributed by atoms with Crippen molar-refractivity contribution in [1.29, 1.82) is 0 Å². The lowest BCUT2D eigenvalue weighted by molar-refractivity contribution is -0.121. The Morgan fingerprint density at radius 2 is 1.71 bits per heavy atom. The molecule has 35 heavy (non-hydrogen) atoms. The molecule has 0 bridgehead atoms. The number of anilines is 1. The molecule has 2 aromatic carbocycles. The van der Waals surface area contributed by atoms with Crippen LogP contribution in [0.5, 0.6) is 11.5 Å². The fraction of sp³-hybridized carbons (Fsp3) is 0.296. The topological polar surface area (TPSA) is 98.3 Å². The molecule has 1 amide bonds. The van der Waals surface area contributed by atoms with Crippen LogP contribution in [-0.4, -0.2) is 51.5 Å². The average Bonchev–Trinajstić information content (AvgIpc) is 3.25. The number of para-hydroxylation sites is 1. The molecule has 1 saturated heterocycles. The van der Waals surface area contributed by atoms with Gasteiger partial charge in [0.2, 0.25) is 5.91 Å². The van der Waals surface area contributed by atoms with Crippen LogP contribution in [0.2, 0.25) is 0 Å². The van der Waals surface area contributed by atoms with Gasteiger partial charge >= 0.3 is 0 Å². The lowest BCUT2D eigenvalue weighted by atomic mass is 10.1. The largest absolute Gasteiger partial charge is 0.457 e. The van der Waals surface area contributed by atoms with Crippen molar-refractivity contribution >= 4 is 22.8 Å². The number of nitrogen functional groups attached to an aromatic ring is 1. The summed E-state index contributed by atoms with van der Waals surface area (Å²) in [7, 11) is 0. The van der Waals surface area contributed by atoms with Crippen molar-refractivity contribution in [2.45, 2.75) is 25.8 Å². The molecule has 1 aliphatic heterocycles. The van der Waals surface area contributed by atoms with E-state index in [1.807, 2.05) is 65.4 Å². The normalized spacial score (nSPS) is 14.2. The summed E-state index contributed by atoms with van der Waals surface area (Å²) < 4.78 is 7.75. The first kappa shape index (κ1) is 22.9. The maximum atomic E-state index is 12.7. The van der Waals surface area contributed by atoms with Gasteiger partial charge in [-0.25, -0.2) is 9.97 Å². The number of ether oxygens (including phenoxy) is 1. The van der Waals surface area contributed by atoms with Gasteiger partial charge in [0.05, 0.1) is 5.39 Å². The molecule has 8 nitrogen and oxygen atoms in total. The van der Waals surface area contributed by atoms with Gasteiger partial charge in [0.15, 0.2) is 0 Å². The molecule has 3 heterocycles. The number of carbonyl (C=O) groups excluding carboxylic acids is 1. The Morgan fingerprint density at radius 3 is 2.49 bits per heavy atom. The highest BCUT2D eigenvalue weighted by atomic mass is 16.5.